The van der Waals surface area contributed by atoms with Crippen molar-refractivity contribution in [2.45, 2.75) is 46.2 Å². The SMILES string of the molecule is CCCO[Si](C[n+]1ccccc1)(OCCC)OCCC. The molecule has 1 rings (SSSR count). The van der Waals surface area contributed by atoms with Gasteiger partial charge in [0.25, 0.3) is 0 Å². The van der Waals surface area contributed by atoms with Crippen molar-refractivity contribution in [3.8, 4) is 0 Å². The molecule has 0 aliphatic heterocycles. The predicted molar refractivity (Wildman–Crippen MR) is 81.1 cm³/mol. The first kappa shape index (κ1) is 17.3. The van der Waals surface area contributed by atoms with E-state index in [2.05, 4.69) is 25.3 Å². The van der Waals surface area contributed by atoms with Crippen molar-refractivity contribution in [2.24, 2.45) is 0 Å². The smallest absolute Gasteiger partial charge is 0.370 e. The van der Waals surface area contributed by atoms with Crippen LogP contribution in [0.4, 0.5) is 0 Å². The second-order valence-electron chi connectivity index (χ2n) is 4.78. The van der Waals surface area contributed by atoms with Crippen LogP contribution < -0.4 is 4.57 Å². The molecule has 1 aromatic heterocycles. The van der Waals surface area contributed by atoms with Crippen molar-refractivity contribution in [1.29, 1.82) is 0 Å². The summed E-state index contributed by atoms with van der Waals surface area (Å²) >= 11 is 0. The van der Waals surface area contributed by atoms with Crippen LogP contribution in [0.25, 0.3) is 0 Å². The number of pyridine rings is 1. The fourth-order valence-electron chi connectivity index (χ4n) is 1.80. The largest absolute Gasteiger partial charge is 0.570 e. The Morgan fingerprint density at radius 1 is 0.750 bits per heavy atom. The quantitative estimate of drug-likeness (QED) is 0.465. The highest BCUT2D eigenvalue weighted by atomic mass is 28.4. The molecule has 20 heavy (non-hydrogen) atoms. The summed E-state index contributed by atoms with van der Waals surface area (Å²) in [5.74, 6) is 0. The Morgan fingerprint density at radius 2 is 1.20 bits per heavy atom. The maximum absolute atomic E-state index is 6.06. The fraction of sp³-hybridized carbons (Fsp3) is 0.667. The van der Waals surface area contributed by atoms with Gasteiger partial charge in [-0.1, -0.05) is 26.8 Å². The van der Waals surface area contributed by atoms with Crippen LogP contribution in [0, 0.1) is 0 Å². The molecule has 0 bridgehead atoms. The van der Waals surface area contributed by atoms with E-state index >= 15 is 0 Å². The Kier molecular flexibility index (Phi) is 8.69. The Balaban J connectivity index is 2.81. The number of rotatable bonds is 11. The van der Waals surface area contributed by atoms with Gasteiger partial charge in [-0.3, -0.25) is 0 Å². The lowest BCUT2D eigenvalue weighted by Crippen LogP contribution is -2.58. The normalized spacial score (nSPS) is 11.8. The monoisotopic (exact) mass is 298 g/mol. The fourth-order valence-corrected chi connectivity index (χ4v) is 4.53. The van der Waals surface area contributed by atoms with E-state index in [1.807, 2.05) is 30.6 Å². The van der Waals surface area contributed by atoms with Crippen LogP contribution in [-0.2, 0) is 19.4 Å². The van der Waals surface area contributed by atoms with Crippen molar-refractivity contribution >= 4 is 8.80 Å². The summed E-state index contributed by atoms with van der Waals surface area (Å²) in [5.41, 5.74) is 0. The van der Waals surface area contributed by atoms with E-state index in [1.54, 1.807) is 0 Å². The van der Waals surface area contributed by atoms with Crippen LogP contribution in [0.2, 0.25) is 0 Å². The highest BCUT2D eigenvalue weighted by Crippen LogP contribution is 2.12. The minimum absolute atomic E-state index is 0.674. The predicted octanol–water partition coefficient (Wildman–Crippen LogP) is 2.73. The minimum atomic E-state index is -2.64. The third kappa shape index (κ3) is 6.13. The van der Waals surface area contributed by atoms with E-state index in [4.69, 9.17) is 13.3 Å². The van der Waals surface area contributed by atoms with Crippen molar-refractivity contribution in [1.82, 2.24) is 0 Å². The maximum Gasteiger partial charge on any atom is 0.570 e. The van der Waals surface area contributed by atoms with Crippen molar-refractivity contribution in [3.63, 3.8) is 0 Å². The van der Waals surface area contributed by atoms with Gasteiger partial charge in [0.1, 0.15) is 0 Å². The molecule has 0 spiro atoms. The first-order valence-corrected chi connectivity index (χ1v) is 9.55. The summed E-state index contributed by atoms with van der Waals surface area (Å²) in [6, 6.07) is 6.03. The Labute approximate surface area is 124 Å². The molecule has 0 aromatic carbocycles. The van der Waals surface area contributed by atoms with Crippen LogP contribution in [0.3, 0.4) is 0 Å². The van der Waals surface area contributed by atoms with E-state index in [1.165, 1.54) is 0 Å². The average molecular weight is 298 g/mol. The van der Waals surface area contributed by atoms with Gasteiger partial charge in [0.15, 0.2) is 12.4 Å². The molecule has 0 unspecified atom stereocenters. The molecule has 4 nitrogen and oxygen atoms in total. The van der Waals surface area contributed by atoms with E-state index in [0.717, 1.165) is 19.3 Å². The molecular weight excluding hydrogens is 270 g/mol. The van der Waals surface area contributed by atoms with E-state index in [0.29, 0.717) is 26.0 Å². The van der Waals surface area contributed by atoms with Crippen molar-refractivity contribution in [3.05, 3.63) is 30.6 Å². The van der Waals surface area contributed by atoms with Crippen molar-refractivity contribution in [2.75, 3.05) is 19.8 Å². The molecule has 0 fully saturated rings. The molecular formula is C15H28NO3Si+. The molecule has 0 aliphatic carbocycles. The summed E-state index contributed by atoms with van der Waals surface area (Å²) in [4.78, 5) is 0. The third-order valence-electron chi connectivity index (χ3n) is 2.73. The lowest BCUT2D eigenvalue weighted by molar-refractivity contribution is -0.685. The molecule has 114 valence electrons. The Morgan fingerprint density at radius 3 is 1.60 bits per heavy atom. The minimum Gasteiger partial charge on any atom is -0.370 e. The molecule has 5 heteroatoms. The van der Waals surface area contributed by atoms with Crippen LogP contribution in [0.1, 0.15) is 40.0 Å². The zero-order valence-corrected chi connectivity index (χ0v) is 14.0. The molecule has 1 aromatic rings. The summed E-state index contributed by atoms with van der Waals surface area (Å²) in [5, 5.41) is 0. The van der Waals surface area contributed by atoms with Gasteiger partial charge >= 0.3 is 8.80 Å². The van der Waals surface area contributed by atoms with Gasteiger partial charge in [0, 0.05) is 32.0 Å². The molecule has 1 heterocycles. The number of hydrogen-bond acceptors (Lipinski definition) is 3. The van der Waals surface area contributed by atoms with Gasteiger partial charge in [-0.25, -0.2) is 4.57 Å². The van der Waals surface area contributed by atoms with Gasteiger partial charge in [-0.05, 0) is 19.3 Å². The Hall–Kier alpha value is -0.753. The number of nitrogens with zero attached hydrogens (tertiary/aromatic N) is 1. The molecule has 0 atom stereocenters. The summed E-state index contributed by atoms with van der Waals surface area (Å²) in [6.45, 7) is 8.38. The lowest BCUT2D eigenvalue weighted by atomic mass is 10.5. The summed E-state index contributed by atoms with van der Waals surface area (Å²) in [7, 11) is -2.64. The number of aromatic nitrogens is 1. The average Bonchev–Trinajstić information content (AvgIpc) is 2.49. The van der Waals surface area contributed by atoms with Gasteiger partial charge in [-0.2, -0.15) is 0 Å². The first-order chi connectivity index (χ1) is 9.76. The highest BCUT2D eigenvalue weighted by Gasteiger charge is 2.46. The second kappa shape index (κ2) is 10.0. The second-order valence-corrected chi connectivity index (χ2v) is 7.32. The molecule has 0 aliphatic rings. The van der Waals surface area contributed by atoms with Gasteiger partial charge in [0.2, 0.25) is 6.17 Å². The summed E-state index contributed by atoms with van der Waals surface area (Å²) in [6.07, 6.45) is 7.65. The molecule has 0 radical (unpaired) electrons. The molecule has 0 N–H and O–H groups in total. The van der Waals surface area contributed by atoms with Gasteiger partial charge in [-0.15, -0.1) is 0 Å². The third-order valence-corrected chi connectivity index (χ3v) is 5.42. The van der Waals surface area contributed by atoms with Crippen LogP contribution in [-0.4, -0.2) is 28.6 Å². The highest BCUT2D eigenvalue weighted by molar-refractivity contribution is 6.58. The number of hydrogen-bond donors (Lipinski definition) is 0. The maximum atomic E-state index is 6.06. The van der Waals surface area contributed by atoms with Crippen LogP contribution in [0.5, 0.6) is 0 Å². The van der Waals surface area contributed by atoms with E-state index in [9.17, 15) is 0 Å². The summed E-state index contributed by atoms with van der Waals surface area (Å²) < 4.78 is 20.3. The van der Waals surface area contributed by atoms with Crippen LogP contribution >= 0.6 is 0 Å². The van der Waals surface area contributed by atoms with E-state index < -0.39 is 8.80 Å². The first-order valence-electron chi connectivity index (χ1n) is 7.62. The van der Waals surface area contributed by atoms with Crippen LogP contribution in [0.15, 0.2) is 30.6 Å². The standard InChI is InChI=1S/C15H28NO3Si/c1-4-12-17-20(18-13-5-2,19-14-6-3)15-16-10-8-7-9-11-16/h7-11H,4-6,12-15H2,1-3H3/q+1. The molecule has 0 saturated carbocycles. The molecule has 0 saturated heterocycles. The van der Waals surface area contributed by atoms with E-state index in [-0.39, 0.29) is 0 Å². The lowest BCUT2D eigenvalue weighted by Gasteiger charge is -2.26. The topological polar surface area (TPSA) is 31.6 Å². The van der Waals surface area contributed by atoms with Crippen molar-refractivity contribution < 1.29 is 17.8 Å². The zero-order valence-electron chi connectivity index (χ0n) is 13.0. The zero-order chi connectivity index (χ0) is 14.7. The Bertz CT molecular complexity index is 326. The van der Waals surface area contributed by atoms with Gasteiger partial charge < -0.3 is 13.3 Å². The molecule has 0 amide bonds. The van der Waals surface area contributed by atoms with Gasteiger partial charge in [0.05, 0.1) is 0 Å².